The van der Waals surface area contributed by atoms with Crippen molar-refractivity contribution in [3.63, 3.8) is 0 Å². The SMILES string of the molecule is COc1ccccc1N1C[C@@H](C(=O)OCC(=O)c2ccc3c(c2)OCCO3)CC1=O. The third-order valence-electron chi connectivity index (χ3n) is 5.04. The molecule has 0 bridgehead atoms. The van der Waals surface area contributed by atoms with Gasteiger partial charge in [-0.25, -0.2) is 0 Å². The number of ketones is 1. The largest absolute Gasteiger partial charge is 0.495 e. The lowest BCUT2D eigenvalue weighted by Crippen LogP contribution is -2.27. The van der Waals surface area contributed by atoms with E-state index in [1.165, 1.54) is 12.0 Å². The summed E-state index contributed by atoms with van der Waals surface area (Å²) in [4.78, 5) is 38.8. The lowest BCUT2D eigenvalue weighted by Gasteiger charge is -2.19. The van der Waals surface area contributed by atoms with E-state index in [2.05, 4.69) is 0 Å². The van der Waals surface area contributed by atoms with Gasteiger partial charge in [-0.15, -0.1) is 0 Å². The number of methoxy groups -OCH3 is 1. The summed E-state index contributed by atoms with van der Waals surface area (Å²) in [6.07, 6.45) is 0.0229. The second-order valence-corrected chi connectivity index (χ2v) is 6.97. The zero-order chi connectivity index (χ0) is 21.1. The minimum Gasteiger partial charge on any atom is -0.495 e. The molecule has 0 N–H and O–H groups in total. The number of hydrogen-bond donors (Lipinski definition) is 0. The Labute approximate surface area is 173 Å². The number of rotatable bonds is 6. The van der Waals surface area contributed by atoms with Gasteiger partial charge in [0.25, 0.3) is 0 Å². The molecule has 2 aromatic rings. The average molecular weight is 411 g/mol. The van der Waals surface area contributed by atoms with Crippen molar-refractivity contribution >= 4 is 23.3 Å². The van der Waals surface area contributed by atoms with Gasteiger partial charge in [0, 0.05) is 18.5 Å². The lowest BCUT2D eigenvalue weighted by atomic mass is 10.1. The predicted octanol–water partition coefficient (Wildman–Crippen LogP) is 2.25. The molecule has 2 aliphatic rings. The summed E-state index contributed by atoms with van der Waals surface area (Å²) in [6, 6.07) is 11.9. The van der Waals surface area contributed by atoms with E-state index in [9.17, 15) is 14.4 Å². The number of fused-ring (bicyclic) bond motifs is 1. The van der Waals surface area contributed by atoms with Gasteiger partial charge in [0.1, 0.15) is 19.0 Å². The maximum absolute atomic E-state index is 12.5. The van der Waals surface area contributed by atoms with Crippen molar-refractivity contribution in [3.8, 4) is 17.2 Å². The van der Waals surface area contributed by atoms with Crippen molar-refractivity contribution in [2.24, 2.45) is 5.92 Å². The molecule has 8 nitrogen and oxygen atoms in total. The van der Waals surface area contributed by atoms with Crippen LogP contribution in [0.3, 0.4) is 0 Å². The summed E-state index contributed by atoms with van der Waals surface area (Å²) in [6.45, 7) is 0.649. The topological polar surface area (TPSA) is 91.4 Å². The van der Waals surface area contributed by atoms with Gasteiger partial charge < -0.3 is 23.8 Å². The Bertz CT molecular complexity index is 987. The van der Waals surface area contributed by atoms with E-state index >= 15 is 0 Å². The van der Waals surface area contributed by atoms with Crippen molar-refractivity contribution in [2.75, 3.05) is 38.4 Å². The van der Waals surface area contributed by atoms with Crippen LogP contribution in [0, 0.1) is 5.92 Å². The maximum Gasteiger partial charge on any atom is 0.311 e. The highest BCUT2D eigenvalue weighted by atomic mass is 16.6. The van der Waals surface area contributed by atoms with Gasteiger partial charge in [-0.05, 0) is 30.3 Å². The van der Waals surface area contributed by atoms with E-state index in [1.54, 1.807) is 42.5 Å². The Morgan fingerprint density at radius 2 is 1.87 bits per heavy atom. The van der Waals surface area contributed by atoms with Crippen LogP contribution in [0.15, 0.2) is 42.5 Å². The molecule has 156 valence electrons. The summed E-state index contributed by atoms with van der Waals surface area (Å²) < 4.78 is 21.4. The first kappa shape index (κ1) is 19.8. The van der Waals surface area contributed by atoms with Gasteiger partial charge in [0.2, 0.25) is 5.91 Å². The number of carbonyl (C=O) groups is 3. The van der Waals surface area contributed by atoms with E-state index in [0.717, 1.165) is 0 Å². The van der Waals surface area contributed by atoms with Crippen molar-refractivity contribution in [2.45, 2.75) is 6.42 Å². The highest BCUT2D eigenvalue weighted by molar-refractivity contribution is 6.01. The molecule has 8 heteroatoms. The maximum atomic E-state index is 12.5. The van der Waals surface area contributed by atoms with Gasteiger partial charge in [0.15, 0.2) is 23.9 Å². The second-order valence-electron chi connectivity index (χ2n) is 6.97. The number of carbonyl (C=O) groups excluding carboxylic acids is 3. The number of amides is 1. The Morgan fingerprint density at radius 1 is 1.10 bits per heavy atom. The van der Waals surface area contributed by atoms with Crippen LogP contribution in [0.4, 0.5) is 5.69 Å². The first-order valence-electron chi connectivity index (χ1n) is 9.59. The number of hydrogen-bond acceptors (Lipinski definition) is 7. The quantitative estimate of drug-likeness (QED) is 0.532. The first-order chi connectivity index (χ1) is 14.6. The number of anilines is 1. The molecule has 1 atom stereocenters. The Balaban J connectivity index is 1.36. The summed E-state index contributed by atoms with van der Waals surface area (Å²) in [5.74, 6) is -0.149. The number of para-hydroxylation sites is 2. The third kappa shape index (κ3) is 3.94. The number of Topliss-reactive ketones (excluding diaryl/α,β-unsaturated/α-hetero) is 1. The van der Waals surface area contributed by atoms with Crippen LogP contribution in [0.5, 0.6) is 17.2 Å². The standard InChI is InChI=1S/C22H21NO7/c1-27-18-5-3-2-4-16(18)23-12-15(11-21(23)25)22(26)30-13-17(24)14-6-7-19-20(10-14)29-9-8-28-19/h2-7,10,15H,8-9,11-13H2,1H3/t15-/m0/s1. The van der Waals surface area contributed by atoms with Crippen molar-refractivity contribution in [1.29, 1.82) is 0 Å². The second kappa shape index (κ2) is 8.44. The van der Waals surface area contributed by atoms with Gasteiger partial charge in [0.05, 0.1) is 18.7 Å². The molecule has 0 aliphatic carbocycles. The fourth-order valence-electron chi connectivity index (χ4n) is 3.51. The molecule has 0 unspecified atom stereocenters. The van der Waals surface area contributed by atoms with Gasteiger partial charge in [-0.2, -0.15) is 0 Å². The normalized spacial score (nSPS) is 17.6. The average Bonchev–Trinajstić information content (AvgIpc) is 3.18. The molecule has 2 aliphatic heterocycles. The molecule has 1 amide bonds. The molecule has 0 spiro atoms. The Morgan fingerprint density at radius 3 is 2.67 bits per heavy atom. The highest BCUT2D eigenvalue weighted by Crippen LogP contribution is 2.33. The summed E-state index contributed by atoms with van der Waals surface area (Å²) in [5, 5.41) is 0. The van der Waals surface area contributed by atoms with Crippen LogP contribution < -0.4 is 19.1 Å². The van der Waals surface area contributed by atoms with E-state index in [1.807, 2.05) is 0 Å². The highest BCUT2D eigenvalue weighted by Gasteiger charge is 2.37. The van der Waals surface area contributed by atoms with Crippen molar-refractivity contribution in [1.82, 2.24) is 0 Å². The Hall–Kier alpha value is -3.55. The predicted molar refractivity (Wildman–Crippen MR) is 106 cm³/mol. The number of ether oxygens (including phenoxy) is 4. The van der Waals surface area contributed by atoms with Gasteiger partial charge in [-0.3, -0.25) is 14.4 Å². The molecular weight excluding hydrogens is 390 g/mol. The van der Waals surface area contributed by atoms with Gasteiger partial charge >= 0.3 is 5.97 Å². The lowest BCUT2D eigenvalue weighted by molar-refractivity contribution is -0.147. The van der Waals surface area contributed by atoms with Crippen LogP contribution in [0.2, 0.25) is 0 Å². The molecule has 2 heterocycles. The molecular formula is C22H21NO7. The fraction of sp³-hybridized carbons (Fsp3) is 0.318. The molecule has 2 aromatic carbocycles. The van der Waals surface area contributed by atoms with Crippen LogP contribution in [0.25, 0.3) is 0 Å². The molecule has 1 saturated heterocycles. The Kier molecular flexibility index (Phi) is 5.56. The van der Waals surface area contributed by atoms with E-state index < -0.39 is 18.5 Å². The third-order valence-corrected chi connectivity index (χ3v) is 5.04. The zero-order valence-corrected chi connectivity index (χ0v) is 16.5. The summed E-state index contributed by atoms with van der Waals surface area (Å²) in [5.41, 5.74) is 0.970. The number of esters is 1. The molecule has 0 aromatic heterocycles. The van der Waals surface area contributed by atoms with Gasteiger partial charge in [-0.1, -0.05) is 12.1 Å². The number of benzene rings is 2. The van der Waals surface area contributed by atoms with Crippen molar-refractivity contribution in [3.05, 3.63) is 48.0 Å². The molecule has 30 heavy (non-hydrogen) atoms. The zero-order valence-electron chi connectivity index (χ0n) is 16.5. The first-order valence-corrected chi connectivity index (χ1v) is 9.59. The fourth-order valence-corrected chi connectivity index (χ4v) is 3.51. The van der Waals surface area contributed by atoms with E-state index in [-0.39, 0.29) is 24.7 Å². The summed E-state index contributed by atoms with van der Waals surface area (Å²) in [7, 11) is 1.52. The van der Waals surface area contributed by atoms with Crippen LogP contribution >= 0.6 is 0 Å². The van der Waals surface area contributed by atoms with Crippen LogP contribution in [-0.2, 0) is 14.3 Å². The smallest absolute Gasteiger partial charge is 0.311 e. The minimum atomic E-state index is -0.643. The van der Waals surface area contributed by atoms with Crippen molar-refractivity contribution < 1.29 is 33.3 Å². The molecule has 0 saturated carbocycles. The summed E-state index contributed by atoms with van der Waals surface area (Å²) >= 11 is 0. The van der Waals surface area contributed by atoms with E-state index in [0.29, 0.717) is 41.7 Å². The molecule has 1 fully saturated rings. The van der Waals surface area contributed by atoms with Crippen LogP contribution in [0.1, 0.15) is 16.8 Å². The molecule has 0 radical (unpaired) electrons. The van der Waals surface area contributed by atoms with Crippen LogP contribution in [-0.4, -0.2) is 51.1 Å². The number of nitrogens with zero attached hydrogens (tertiary/aromatic N) is 1. The molecule has 4 rings (SSSR count). The minimum absolute atomic E-state index is 0.0229. The van der Waals surface area contributed by atoms with E-state index in [4.69, 9.17) is 18.9 Å². The monoisotopic (exact) mass is 411 g/mol.